The standard InChI is InChI=1S/C14H15N3O3S2/c1-22(19,20)10-4-2-9(3-5-10)6-13(18)17-14-16-11-7-15-8-12(11)21-14/h2-5,15H,6-8H2,1H3,(H,16,17,18). The van der Waals surface area contributed by atoms with Crippen molar-refractivity contribution in [3.05, 3.63) is 40.4 Å². The highest BCUT2D eigenvalue weighted by atomic mass is 32.2. The maximum absolute atomic E-state index is 12.0. The first-order chi connectivity index (χ1) is 10.4. The highest BCUT2D eigenvalue weighted by Crippen LogP contribution is 2.26. The van der Waals surface area contributed by atoms with E-state index in [1.165, 1.54) is 23.5 Å². The minimum absolute atomic E-state index is 0.160. The molecule has 1 aromatic carbocycles. The molecule has 1 aromatic heterocycles. The Hall–Kier alpha value is -1.77. The van der Waals surface area contributed by atoms with Crippen molar-refractivity contribution in [1.82, 2.24) is 10.3 Å². The van der Waals surface area contributed by atoms with Crippen molar-refractivity contribution in [3.63, 3.8) is 0 Å². The molecule has 0 aliphatic carbocycles. The molecule has 2 N–H and O–H groups in total. The monoisotopic (exact) mass is 337 g/mol. The maximum Gasteiger partial charge on any atom is 0.230 e. The van der Waals surface area contributed by atoms with E-state index in [2.05, 4.69) is 15.6 Å². The van der Waals surface area contributed by atoms with Crippen LogP contribution in [0.2, 0.25) is 0 Å². The third-order valence-corrected chi connectivity index (χ3v) is 5.46. The molecule has 0 unspecified atom stereocenters. The van der Waals surface area contributed by atoms with Crippen molar-refractivity contribution in [2.45, 2.75) is 24.4 Å². The van der Waals surface area contributed by atoms with Gasteiger partial charge >= 0.3 is 0 Å². The number of anilines is 1. The van der Waals surface area contributed by atoms with Crippen LogP contribution in [0, 0.1) is 0 Å². The first-order valence-electron chi connectivity index (χ1n) is 6.70. The molecule has 6 nitrogen and oxygen atoms in total. The molecule has 0 bridgehead atoms. The van der Waals surface area contributed by atoms with Crippen molar-refractivity contribution < 1.29 is 13.2 Å². The second-order valence-electron chi connectivity index (χ2n) is 5.13. The van der Waals surface area contributed by atoms with E-state index in [0.717, 1.165) is 35.5 Å². The van der Waals surface area contributed by atoms with Gasteiger partial charge in [0.25, 0.3) is 0 Å². The number of rotatable bonds is 4. The first-order valence-corrected chi connectivity index (χ1v) is 9.41. The number of hydrogen-bond acceptors (Lipinski definition) is 6. The Kier molecular flexibility index (Phi) is 3.98. The molecule has 22 heavy (non-hydrogen) atoms. The van der Waals surface area contributed by atoms with Crippen LogP contribution in [0.4, 0.5) is 5.13 Å². The molecule has 2 heterocycles. The molecule has 8 heteroatoms. The van der Waals surface area contributed by atoms with Gasteiger partial charge in [-0.15, -0.1) is 11.3 Å². The number of carbonyl (C=O) groups is 1. The molecule has 1 aliphatic rings. The van der Waals surface area contributed by atoms with E-state index < -0.39 is 9.84 Å². The molecular weight excluding hydrogens is 322 g/mol. The van der Waals surface area contributed by atoms with E-state index in [4.69, 9.17) is 0 Å². The van der Waals surface area contributed by atoms with Crippen LogP contribution in [0.15, 0.2) is 29.2 Å². The van der Waals surface area contributed by atoms with Crippen LogP contribution >= 0.6 is 11.3 Å². The number of thiazole rings is 1. The van der Waals surface area contributed by atoms with Gasteiger partial charge in [0.2, 0.25) is 5.91 Å². The van der Waals surface area contributed by atoms with Crippen LogP contribution in [-0.2, 0) is 34.1 Å². The van der Waals surface area contributed by atoms with Crippen LogP contribution < -0.4 is 10.6 Å². The lowest BCUT2D eigenvalue weighted by Crippen LogP contribution is -2.14. The Morgan fingerprint density at radius 1 is 1.32 bits per heavy atom. The van der Waals surface area contributed by atoms with Gasteiger partial charge in [-0.25, -0.2) is 13.4 Å². The number of carbonyl (C=O) groups excluding carboxylic acids is 1. The third kappa shape index (κ3) is 3.34. The molecule has 0 saturated carbocycles. The Morgan fingerprint density at radius 3 is 2.68 bits per heavy atom. The van der Waals surface area contributed by atoms with Gasteiger partial charge < -0.3 is 10.6 Å². The summed E-state index contributed by atoms with van der Waals surface area (Å²) < 4.78 is 22.8. The zero-order valence-electron chi connectivity index (χ0n) is 11.9. The molecule has 0 spiro atoms. The molecular formula is C14H15N3O3S2. The summed E-state index contributed by atoms with van der Waals surface area (Å²) in [6, 6.07) is 6.34. The van der Waals surface area contributed by atoms with E-state index in [1.54, 1.807) is 12.1 Å². The average Bonchev–Trinajstić information content (AvgIpc) is 2.99. The normalized spacial score (nSPS) is 13.9. The van der Waals surface area contributed by atoms with E-state index in [-0.39, 0.29) is 17.2 Å². The van der Waals surface area contributed by atoms with E-state index in [1.807, 2.05) is 0 Å². The number of nitrogens with one attached hydrogen (secondary N) is 2. The largest absolute Gasteiger partial charge is 0.306 e. The maximum atomic E-state index is 12.0. The van der Waals surface area contributed by atoms with Gasteiger partial charge in [0.1, 0.15) is 0 Å². The Balaban J connectivity index is 1.64. The summed E-state index contributed by atoms with van der Waals surface area (Å²) in [5.74, 6) is -0.160. The smallest absolute Gasteiger partial charge is 0.230 e. The van der Waals surface area contributed by atoms with Crippen molar-refractivity contribution in [3.8, 4) is 0 Å². The van der Waals surface area contributed by atoms with E-state index in [9.17, 15) is 13.2 Å². The predicted octanol–water partition coefficient (Wildman–Crippen LogP) is 1.33. The number of nitrogens with zero attached hydrogens (tertiary/aromatic N) is 1. The zero-order chi connectivity index (χ0) is 15.7. The molecule has 1 aliphatic heterocycles. The van der Waals surface area contributed by atoms with Gasteiger partial charge in [-0.3, -0.25) is 4.79 Å². The van der Waals surface area contributed by atoms with E-state index in [0.29, 0.717) is 5.13 Å². The molecule has 0 radical (unpaired) electrons. The van der Waals surface area contributed by atoms with E-state index >= 15 is 0 Å². The third-order valence-electron chi connectivity index (χ3n) is 3.32. The van der Waals surface area contributed by atoms with Crippen LogP contribution in [0.1, 0.15) is 16.1 Å². The lowest BCUT2D eigenvalue weighted by molar-refractivity contribution is -0.115. The Morgan fingerprint density at radius 2 is 2.05 bits per heavy atom. The number of benzene rings is 1. The minimum atomic E-state index is -3.21. The summed E-state index contributed by atoms with van der Waals surface area (Å²) in [4.78, 5) is 17.8. The van der Waals surface area contributed by atoms with Gasteiger partial charge in [-0.1, -0.05) is 12.1 Å². The summed E-state index contributed by atoms with van der Waals surface area (Å²) in [5, 5.41) is 6.59. The summed E-state index contributed by atoms with van der Waals surface area (Å²) in [7, 11) is -3.21. The molecule has 2 aromatic rings. The fourth-order valence-electron chi connectivity index (χ4n) is 2.21. The molecule has 116 valence electrons. The Bertz CT molecular complexity index is 789. The molecule has 3 rings (SSSR count). The van der Waals surface area contributed by atoms with Gasteiger partial charge in [-0.2, -0.15) is 0 Å². The molecule has 0 saturated heterocycles. The number of amides is 1. The molecule has 1 amide bonds. The summed E-state index contributed by atoms with van der Waals surface area (Å²) in [6.45, 7) is 1.55. The van der Waals surface area contributed by atoms with Crippen LogP contribution in [0.25, 0.3) is 0 Å². The Labute approximate surface area is 132 Å². The second kappa shape index (κ2) is 5.79. The molecule has 0 atom stereocenters. The topological polar surface area (TPSA) is 88.2 Å². The van der Waals surface area contributed by atoms with Gasteiger partial charge in [0, 0.05) is 24.2 Å². The molecule has 0 fully saturated rings. The first kappa shape index (κ1) is 15.1. The summed E-state index contributed by atoms with van der Waals surface area (Å²) >= 11 is 1.48. The average molecular weight is 337 g/mol. The quantitative estimate of drug-likeness (QED) is 0.879. The van der Waals surface area contributed by atoms with Gasteiger partial charge in [-0.05, 0) is 17.7 Å². The second-order valence-corrected chi connectivity index (χ2v) is 8.23. The van der Waals surface area contributed by atoms with Gasteiger partial charge in [0.15, 0.2) is 15.0 Å². The van der Waals surface area contributed by atoms with Crippen molar-refractivity contribution in [2.24, 2.45) is 0 Å². The number of aromatic nitrogens is 1. The highest BCUT2D eigenvalue weighted by Gasteiger charge is 2.17. The van der Waals surface area contributed by atoms with Gasteiger partial charge in [0.05, 0.1) is 17.0 Å². The fraction of sp³-hybridized carbons (Fsp3) is 0.286. The van der Waals surface area contributed by atoms with Crippen molar-refractivity contribution in [1.29, 1.82) is 0 Å². The fourth-order valence-corrected chi connectivity index (χ4v) is 3.81. The highest BCUT2D eigenvalue weighted by molar-refractivity contribution is 7.90. The predicted molar refractivity (Wildman–Crippen MR) is 84.5 cm³/mol. The number of fused-ring (bicyclic) bond motifs is 1. The summed E-state index contributed by atoms with van der Waals surface area (Å²) in [5.41, 5.74) is 1.76. The van der Waals surface area contributed by atoms with Crippen LogP contribution in [-0.4, -0.2) is 25.6 Å². The van der Waals surface area contributed by atoms with Crippen LogP contribution in [0.3, 0.4) is 0 Å². The lowest BCUT2D eigenvalue weighted by Gasteiger charge is -2.04. The van der Waals surface area contributed by atoms with Crippen LogP contribution in [0.5, 0.6) is 0 Å². The van der Waals surface area contributed by atoms with Crippen molar-refractivity contribution in [2.75, 3.05) is 11.6 Å². The van der Waals surface area contributed by atoms with Crippen molar-refractivity contribution >= 4 is 32.2 Å². The zero-order valence-corrected chi connectivity index (χ0v) is 13.6. The minimum Gasteiger partial charge on any atom is -0.306 e. The summed E-state index contributed by atoms with van der Waals surface area (Å²) in [6.07, 6.45) is 1.35. The lowest BCUT2D eigenvalue weighted by atomic mass is 10.1. The number of sulfone groups is 1. The number of hydrogen-bond donors (Lipinski definition) is 2. The SMILES string of the molecule is CS(=O)(=O)c1ccc(CC(=O)Nc2nc3c(s2)CNC3)cc1.